The van der Waals surface area contributed by atoms with E-state index in [0.29, 0.717) is 48.6 Å². The van der Waals surface area contributed by atoms with Crippen LogP contribution in [0.2, 0.25) is 16.6 Å². The minimum absolute atomic E-state index is 0.0153. The molecule has 7 rings (SSSR count). The predicted octanol–water partition coefficient (Wildman–Crippen LogP) is 10.8. The highest BCUT2D eigenvalue weighted by molar-refractivity contribution is 6.90. The zero-order valence-corrected chi connectivity index (χ0v) is 37.3. The molecule has 3 saturated heterocycles. The van der Waals surface area contributed by atoms with Crippen molar-refractivity contribution in [3.8, 4) is 28.6 Å². The number of anilines is 1. The normalized spacial score (nSPS) is 23.7. The van der Waals surface area contributed by atoms with Gasteiger partial charge in [-0.25, -0.2) is 8.78 Å². The number of benzene rings is 3. The number of rotatable bonds is 11. The third-order valence-corrected chi connectivity index (χ3v) is 20.5. The molecule has 0 amide bonds. The minimum Gasteiger partial charge on any atom is -0.461 e. The van der Waals surface area contributed by atoms with Gasteiger partial charge >= 0.3 is 6.01 Å². The van der Waals surface area contributed by atoms with E-state index >= 15 is 8.78 Å². The SMILES string of the molecule is CCC1CN2CC(CC)CC2(COc2nc(N3CCC[C@@](C)(O)C3)c3cc([N+](=O)[O-])c(-c4cccc5ccc(F)c(C#C[Si](C(C)C)(C(C)C)C(C)C)c45)c(F)c3n2)C1. The Balaban J connectivity index is 1.45. The smallest absolute Gasteiger partial charge is 0.319 e. The Kier molecular flexibility index (Phi) is 11.9. The van der Waals surface area contributed by atoms with E-state index in [-0.39, 0.29) is 68.1 Å². The van der Waals surface area contributed by atoms with Crippen LogP contribution in [0.5, 0.6) is 6.01 Å². The fraction of sp³-hybridized carbons (Fsp3) is 0.574. The molecule has 316 valence electrons. The van der Waals surface area contributed by atoms with Crippen LogP contribution in [-0.4, -0.2) is 76.9 Å². The first kappa shape index (κ1) is 42.9. The number of hydrogen-bond donors (Lipinski definition) is 1. The Morgan fingerprint density at radius 3 is 2.27 bits per heavy atom. The molecular weight excluding hydrogens is 765 g/mol. The molecule has 2 unspecified atom stereocenters. The van der Waals surface area contributed by atoms with Crippen molar-refractivity contribution in [1.82, 2.24) is 14.9 Å². The van der Waals surface area contributed by atoms with Gasteiger partial charge in [0.25, 0.3) is 5.69 Å². The van der Waals surface area contributed by atoms with E-state index in [4.69, 9.17) is 14.7 Å². The quantitative estimate of drug-likeness (QED) is 0.0690. The molecule has 3 atom stereocenters. The summed E-state index contributed by atoms with van der Waals surface area (Å²) >= 11 is 0. The average molecular weight is 826 g/mol. The summed E-state index contributed by atoms with van der Waals surface area (Å²) in [6, 6.07) is 9.39. The molecular formula is C47H61F2N5O4Si. The summed E-state index contributed by atoms with van der Waals surface area (Å²) < 4.78 is 40.6. The molecule has 3 aliphatic heterocycles. The van der Waals surface area contributed by atoms with Gasteiger partial charge in [-0.1, -0.05) is 98.4 Å². The molecule has 59 heavy (non-hydrogen) atoms. The van der Waals surface area contributed by atoms with Crippen molar-refractivity contribution < 1.29 is 23.5 Å². The fourth-order valence-electron chi connectivity index (χ4n) is 11.2. The second-order valence-electron chi connectivity index (χ2n) is 18.9. The summed E-state index contributed by atoms with van der Waals surface area (Å²) in [6.45, 7) is 22.3. The lowest BCUT2D eigenvalue weighted by Crippen LogP contribution is -2.46. The largest absolute Gasteiger partial charge is 0.461 e. The Bertz CT molecular complexity index is 2280. The van der Waals surface area contributed by atoms with Crippen LogP contribution in [0.4, 0.5) is 20.3 Å². The van der Waals surface area contributed by atoms with Crippen molar-refractivity contribution in [3.63, 3.8) is 0 Å². The van der Waals surface area contributed by atoms with Crippen molar-refractivity contribution in [2.75, 3.05) is 37.7 Å². The van der Waals surface area contributed by atoms with E-state index in [1.165, 1.54) is 12.1 Å². The third-order valence-electron chi connectivity index (χ3n) is 14.2. The first-order valence-electron chi connectivity index (χ1n) is 21.7. The second kappa shape index (κ2) is 16.4. The number of fused-ring (bicyclic) bond motifs is 3. The average Bonchev–Trinajstić information content (AvgIpc) is 3.70. The maximum Gasteiger partial charge on any atom is 0.319 e. The summed E-state index contributed by atoms with van der Waals surface area (Å²) in [5.41, 5.74) is 2.58. The standard InChI is InChI=1S/C47H61F2N5O4Si/c1-10-32-23-47(24-33(11-2)26-53(47)25-32)28-58-45-50-43-37(44(51-45)52-20-13-19-46(9,55)27-52)22-39(54(56)57)41(42(43)49)36-15-12-14-34-16-17-38(48)35(40(34)36)18-21-59(29(3)4,30(5)6)31(7)8/h12,14-17,22,29-33,55H,10-11,13,19-20,23-28H2,1-9H3/t32?,33?,46-,47?/m1/s1. The van der Waals surface area contributed by atoms with Gasteiger partial charge in [-0.2, -0.15) is 9.97 Å². The molecule has 1 N–H and O–H groups in total. The molecule has 9 nitrogen and oxygen atoms in total. The maximum absolute atomic E-state index is 17.8. The van der Waals surface area contributed by atoms with E-state index in [2.05, 4.69) is 71.8 Å². The summed E-state index contributed by atoms with van der Waals surface area (Å²) in [7, 11) is -2.34. The highest BCUT2D eigenvalue weighted by atomic mass is 28.3. The van der Waals surface area contributed by atoms with Crippen LogP contribution in [0.1, 0.15) is 106 Å². The number of nitrogens with zero attached hydrogens (tertiary/aromatic N) is 5. The lowest BCUT2D eigenvalue weighted by Gasteiger charge is -2.38. The van der Waals surface area contributed by atoms with E-state index in [9.17, 15) is 15.2 Å². The molecule has 0 aliphatic carbocycles. The van der Waals surface area contributed by atoms with Crippen LogP contribution in [-0.2, 0) is 0 Å². The zero-order chi connectivity index (χ0) is 42.6. The van der Waals surface area contributed by atoms with E-state index in [1.807, 2.05) is 4.90 Å². The first-order chi connectivity index (χ1) is 27.9. The first-order valence-corrected chi connectivity index (χ1v) is 24.0. The number of hydrogen-bond acceptors (Lipinski definition) is 8. The van der Waals surface area contributed by atoms with Gasteiger partial charge in [-0.3, -0.25) is 15.0 Å². The van der Waals surface area contributed by atoms with Gasteiger partial charge in [-0.05, 0) is 72.5 Å². The molecule has 0 bridgehead atoms. The summed E-state index contributed by atoms with van der Waals surface area (Å²) in [5, 5.41) is 25.3. The van der Waals surface area contributed by atoms with Gasteiger partial charge in [0.05, 0.1) is 32.6 Å². The number of nitro groups is 1. The molecule has 12 heteroatoms. The molecule has 4 heterocycles. The topological polar surface area (TPSA) is 105 Å². The third kappa shape index (κ3) is 7.72. The Morgan fingerprint density at radius 1 is 1.02 bits per heavy atom. The van der Waals surface area contributed by atoms with Gasteiger partial charge in [0, 0.05) is 43.2 Å². The van der Waals surface area contributed by atoms with E-state index < -0.39 is 35.9 Å². The molecule has 4 aromatic rings. The molecule has 1 aromatic heterocycles. The maximum atomic E-state index is 17.8. The lowest BCUT2D eigenvalue weighted by atomic mass is 9.86. The Labute approximate surface area is 349 Å². The van der Waals surface area contributed by atoms with Crippen LogP contribution >= 0.6 is 0 Å². The molecule has 3 fully saturated rings. The van der Waals surface area contributed by atoms with Crippen molar-refractivity contribution in [1.29, 1.82) is 0 Å². The molecule has 0 radical (unpaired) electrons. The van der Waals surface area contributed by atoms with E-state index in [1.54, 1.807) is 31.2 Å². The number of aromatic nitrogens is 2. The number of aliphatic hydroxyl groups is 1. The van der Waals surface area contributed by atoms with Gasteiger partial charge in [-0.15, -0.1) is 5.54 Å². The Morgan fingerprint density at radius 2 is 1.68 bits per heavy atom. The van der Waals surface area contributed by atoms with E-state index in [0.717, 1.165) is 38.8 Å². The minimum atomic E-state index is -2.34. The van der Waals surface area contributed by atoms with Crippen molar-refractivity contribution in [2.24, 2.45) is 11.8 Å². The number of halogens is 2. The lowest BCUT2D eigenvalue weighted by molar-refractivity contribution is -0.384. The Hall–Kier alpha value is -4.18. The fourth-order valence-corrected chi connectivity index (χ4v) is 16.4. The van der Waals surface area contributed by atoms with Crippen molar-refractivity contribution >= 4 is 41.3 Å². The number of β-amino-alcohol motifs (C(OH)–C–C–N with tert-alkyl or cyclic N) is 1. The van der Waals surface area contributed by atoms with Crippen LogP contribution in [0, 0.1) is 45.0 Å². The molecule has 0 spiro atoms. The summed E-state index contributed by atoms with van der Waals surface area (Å²) in [6.07, 6.45) is 5.37. The van der Waals surface area contributed by atoms with Gasteiger partial charge < -0.3 is 14.7 Å². The highest BCUT2D eigenvalue weighted by Crippen LogP contribution is 2.48. The molecule has 3 aromatic carbocycles. The van der Waals surface area contributed by atoms with Gasteiger partial charge in [0.15, 0.2) is 5.82 Å². The van der Waals surface area contributed by atoms with Gasteiger partial charge in [0.2, 0.25) is 0 Å². The predicted molar refractivity (Wildman–Crippen MR) is 236 cm³/mol. The molecule has 3 aliphatic rings. The number of piperidine rings is 1. The summed E-state index contributed by atoms with van der Waals surface area (Å²) in [5.74, 6) is 3.16. The van der Waals surface area contributed by atoms with Gasteiger partial charge in [0.1, 0.15) is 31.8 Å². The zero-order valence-electron chi connectivity index (χ0n) is 36.3. The summed E-state index contributed by atoms with van der Waals surface area (Å²) in [4.78, 5) is 26.5. The van der Waals surface area contributed by atoms with Crippen molar-refractivity contribution in [2.45, 2.75) is 129 Å². The van der Waals surface area contributed by atoms with Crippen LogP contribution in [0.3, 0.4) is 0 Å². The molecule has 0 saturated carbocycles. The van der Waals surface area contributed by atoms with Crippen LogP contribution in [0.15, 0.2) is 36.4 Å². The number of ether oxygens (including phenoxy) is 1. The van der Waals surface area contributed by atoms with Crippen LogP contribution < -0.4 is 9.64 Å². The second-order valence-corrected chi connectivity index (χ2v) is 24.5. The highest BCUT2D eigenvalue weighted by Gasteiger charge is 2.51. The number of nitro benzene ring substituents is 1. The van der Waals surface area contributed by atoms with Crippen molar-refractivity contribution in [3.05, 3.63) is 63.7 Å². The monoisotopic (exact) mass is 825 g/mol. The van der Waals surface area contributed by atoms with Crippen LogP contribution in [0.25, 0.3) is 32.8 Å².